The van der Waals surface area contributed by atoms with E-state index in [0.29, 0.717) is 5.92 Å². The van der Waals surface area contributed by atoms with Crippen molar-refractivity contribution in [3.8, 4) is 33.5 Å². The van der Waals surface area contributed by atoms with E-state index < -0.39 is 0 Å². The summed E-state index contributed by atoms with van der Waals surface area (Å²) in [6, 6.07) is 36.8. The predicted octanol–water partition coefficient (Wildman–Crippen LogP) is 9.64. The highest BCUT2D eigenvalue weighted by Gasteiger charge is 2.28. The Morgan fingerprint density at radius 2 is 1.27 bits per heavy atom. The second-order valence-corrected chi connectivity index (χ2v) is 10.6. The number of hydrogen-bond acceptors (Lipinski definition) is 2. The summed E-state index contributed by atoms with van der Waals surface area (Å²) >= 11 is 0. The van der Waals surface area contributed by atoms with E-state index in [4.69, 9.17) is 4.98 Å². The summed E-state index contributed by atoms with van der Waals surface area (Å²) in [5.74, 6) is 0.583. The van der Waals surface area contributed by atoms with E-state index >= 15 is 0 Å². The first-order chi connectivity index (χ1) is 19.8. The first kappa shape index (κ1) is 22.9. The zero-order valence-corrected chi connectivity index (χ0v) is 21.9. The monoisotopic (exact) mass is 510 g/mol. The third-order valence-electron chi connectivity index (χ3n) is 8.23. The average Bonchev–Trinajstić information content (AvgIpc) is 3.04. The molecule has 8 rings (SSSR count). The molecule has 188 valence electrons. The van der Waals surface area contributed by atoms with Crippen molar-refractivity contribution in [2.24, 2.45) is 5.92 Å². The number of rotatable bonds is 3. The van der Waals surface area contributed by atoms with Crippen LogP contribution in [-0.4, -0.2) is 9.97 Å². The van der Waals surface area contributed by atoms with Crippen LogP contribution in [0.15, 0.2) is 140 Å². The molecule has 0 amide bonds. The normalized spacial score (nSPS) is 17.2. The number of pyridine rings is 2. The fraction of sp³-hybridized carbons (Fsp3) is 0.0526. The minimum absolute atomic E-state index is 0.243. The molecule has 0 spiro atoms. The molecule has 0 radical (unpaired) electrons. The fourth-order valence-corrected chi connectivity index (χ4v) is 6.10. The van der Waals surface area contributed by atoms with Gasteiger partial charge in [0.05, 0.1) is 16.9 Å². The molecule has 0 saturated carbocycles. The minimum atomic E-state index is 0.243. The molecule has 6 aromatic rings. The lowest BCUT2D eigenvalue weighted by molar-refractivity contribution is 0.672. The van der Waals surface area contributed by atoms with Crippen LogP contribution in [0.4, 0.5) is 0 Å². The van der Waals surface area contributed by atoms with Gasteiger partial charge < -0.3 is 0 Å². The van der Waals surface area contributed by atoms with Gasteiger partial charge in [-0.25, -0.2) is 0 Å². The van der Waals surface area contributed by atoms with Crippen LogP contribution in [0.25, 0.3) is 61.3 Å². The molecule has 4 aromatic carbocycles. The number of allylic oxidation sites excluding steroid dienone is 5. The van der Waals surface area contributed by atoms with E-state index in [9.17, 15) is 0 Å². The quantitative estimate of drug-likeness (QED) is 0.237. The van der Waals surface area contributed by atoms with E-state index in [1.807, 2.05) is 18.3 Å². The summed E-state index contributed by atoms with van der Waals surface area (Å²) in [5, 5.41) is 3.65. The molecule has 2 heteroatoms. The Balaban J connectivity index is 1.26. The summed E-state index contributed by atoms with van der Waals surface area (Å²) in [6.07, 6.45) is 15.4. The van der Waals surface area contributed by atoms with Crippen LogP contribution < -0.4 is 0 Å². The molecule has 2 nitrogen and oxygen atoms in total. The molecule has 2 aliphatic carbocycles. The Morgan fingerprint density at radius 1 is 0.550 bits per heavy atom. The van der Waals surface area contributed by atoms with Crippen molar-refractivity contribution in [3.05, 3.63) is 151 Å². The minimum Gasteiger partial charge on any atom is -0.256 e. The lowest BCUT2D eigenvalue weighted by Crippen LogP contribution is -2.16. The van der Waals surface area contributed by atoms with E-state index in [2.05, 4.69) is 132 Å². The van der Waals surface area contributed by atoms with Gasteiger partial charge in [0.25, 0.3) is 0 Å². The maximum atomic E-state index is 5.31. The Hall–Kier alpha value is -5.08. The van der Waals surface area contributed by atoms with Crippen molar-refractivity contribution in [1.82, 2.24) is 9.97 Å². The Kier molecular flexibility index (Phi) is 5.31. The first-order valence-corrected chi connectivity index (χ1v) is 13.8. The summed E-state index contributed by atoms with van der Waals surface area (Å²) in [6.45, 7) is 0. The molecule has 0 aliphatic heterocycles. The Morgan fingerprint density at radius 3 is 2.17 bits per heavy atom. The Bertz CT molecular complexity index is 2010. The third kappa shape index (κ3) is 3.88. The maximum Gasteiger partial charge on any atom is 0.0712 e. The summed E-state index contributed by atoms with van der Waals surface area (Å²) in [4.78, 5) is 9.97. The zero-order valence-electron chi connectivity index (χ0n) is 21.9. The third-order valence-corrected chi connectivity index (χ3v) is 8.23. The van der Waals surface area contributed by atoms with E-state index in [-0.39, 0.29) is 5.92 Å². The topological polar surface area (TPSA) is 25.8 Å². The van der Waals surface area contributed by atoms with Gasteiger partial charge in [-0.2, -0.15) is 0 Å². The van der Waals surface area contributed by atoms with Crippen LogP contribution in [0.5, 0.6) is 0 Å². The molecular formula is C38H26N2. The molecule has 2 atom stereocenters. The predicted molar refractivity (Wildman–Crippen MR) is 167 cm³/mol. The van der Waals surface area contributed by atoms with Crippen molar-refractivity contribution in [2.45, 2.75) is 5.92 Å². The van der Waals surface area contributed by atoms with Crippen molar-refractivity contribution in [3.63, 3.8) is 0 Å². The second kappa shape index (κ2) is 9.29. The highest BCUT2D eigenvalue weighted by Crippen LogP contribution is 2.42. The van der Waals surface area contributed by atoms with Crippen LogP contribution in [0.2, 0.25) is 0 Å². The molecule has 0 N–H and O–H groups in total. The van der Waals surface area contributed by atoms with Gasteiger partial charge >= 0.3 is 0 Å². The van der Waals surface area contributed by atoms with E-state index in [1.165, 1.54) is 27.5 Å². The SMILES string of the molecule is C1=CC2C=Cc3c(-c4ccc5ccccc5c4)cc(-c4ccc(-c5cnc6ccccc6c5)cc4)nc3C2C=C1. The van der Waals surface area contributed by atoms with Crippen molar-refractivity contribution >= 4 is 27.8 Å². The first-order valence-electron chi connectivity index (χ1n) is 13.8. The van der Waals surface area contributed by atoms with Crippen molar-refractivity contribution in [2.75, 3.05) is 0 Å². The molecular weight excluding hydrogens is 484 g/mol. The van der Waals surface area contributed by atoms with Crippen LogP contribution >= 0.6 is 0 Å². The fourth-order valence-electron chi connectivity index (χ4n) is 6.10. The molecule has 0 fully saturated rings. The van der Waals surface area contributed by atoms with Crippen LogP contribution in [0.1, 0.15) is 17.2 Å². The van der Waals surface area contributed by atoms with Crippen LogP contribution in [-0.2, 0) is 0 Å². The number of aromatic nitrogens is 2. The zero-order chi connectivity index (χ0) is 26.5. The van der Waals surface area contributed by atoms with Gasteiger partial charge in [0.2, 0.25) is 0 Å². The molecule has 40 heavy (non-hydrogen) atoms. The Labute approximate surface area is 233 Å². The van der Waals surface area contributed by atoms with Gasteiger partial charge in [0.15, 0.2) is 0 Å². The number of para-hydroxylation sites is 1. The standard InChI is InChI=1S/C38H26N2/c1-2-9-29-21-30(18-15-25(29)7-1)35-23-37(40-38-33-11-5-3-8-27(33)19-20-34(35)38)28-16-13-26(14-17-28)32-22-31-10-4-6-12-36(31)39-24-32/h1-24,27,33H. The van der Waals surface area contributed by atoms with Crippen LogP contribution in [0.3, 0.4) is 0 Å². The second-order valence-electron chi connectivity index (χ2n) is 10.6. The number of benzene rings is 4. The van der Waals surface area contributed by atoms with Gasteiger partial charge in [-0.05, 0) is 51.7 Å². The number of fused-ring (bicyclic) bond motifs is 5. The van der Waals surface area contributed by atoms with Gasteiger partial charge in [-0.15, -0.1) is 0 Å². The van der Waals surface area contributed by atoms with Crippen LogP contribution in [0, 0.1) is 5.92 Å². The lowest BCUT2D eigenvalue weighted by Gasteiger charge is -2.28. The molecule has 0 bridgehead atoms. The average molecular weight is 511 g/mol. The largest absolute Gasteiger partial charge is 0.256 e. The summed E-state index contributed by atoms with van der Waals surface area (Å²) in [5.41, 5.74) is 10.2. The maximum absolute atomic E-state index is 5.31. The summed E-state index contributed by atoms with van der Waals surface area (Å²) in [7, 11) is 0. The van der Waals surface area contributed by atoms with Gasteiger partial charge in [-0.3, -0.25) is 9.97 Å². The number of hydrogen-bond donors (Lipinski definition) is 0. The molecule has 2 unspecified atom stereocenters. The smallest absolute Gasteiger partial charge is 0.0712 e. The van der Waals surface area contributed by atoms with Crippen molar-refractivity contribution < 1.29 is 0 Å². The number of nitrogens with zero attached hydrogens (tertiary/aromatic N) is 2. The van der Waals surface area contributed by atoms with Gasteiger partial charge in [-0.1, -0.05) is 115 Å². The molecule has 2 heterocycles. The molecule has 2 aliphatic rings. The van der Waals surface area contributed by atoms with Gasteiger partial charge in [0.1, 0.15) is 0 Å². The highest BCUT2D eigenvalue weighted by atomic mass is 14.7. The highest BCUT2D eigenvalue weighted by molar-refractivity contribution is 5.91. The van der Waals surface area contributed by atoms with Crippen molar-refractivity contribution in [1.29, 1.82) is 0 Å². The van der Waals surface area contributed by atoms with E-state index in [0.717, 1.165) is 39.0 Å². The molecule has 0 saturated heterocycles. The summed E-state index contributed by atoms with van der Waals surface area (Å²) < 4.78 is 0. The van der Waals surface area contributed by atoms with E-state index in [1.54, 1.807) is 0 Å². The molecule has 2 aromatic heterocycles. The lowest BCUT2D eigenvalue weighted by atomic mass is 9.78. The van der Waals surface area contributed by atoms with Gasteiger partial charge in [0, 0.05) is 40.1 Å².